The highest BCUT2D eigenvalue weighted by Crippen LogP contribution is 2.47. The monoisotopic (exact) mass is 416 g/mol. The van der Waals surface area contributed by atoms with E-state index < -0.39 is 35.2 Å². The number of ketones is 1. The molecule has 1 aliphatic heterocycles. The van der Waals surface area contributed by atoms with Crippen LogP contribution in [-0.2, 0) is 4.79 Å². The number of amides is 1. The van der Waals surface area contributed by atoms with Crippen molar-refractivity contribution >= 4 is 17.4 Å². The number of carbonyl (C=O) groups is 2. The summed E-state index contributed by atoms with van der Waals surface area (Å²) in [6.45, 7) is 2.03. The first kappa shape index (κ1) is 20.3. The molecule has 1 spiro atoms. The fourth-order valence-electron chi connectivity index (χ4n) is 4.61. The van der Waals surface area contributed by atoms with Gasteiger partial charge < -0.3 is 15.3 Å². The summed E-state index contributed by atoms with van der Waals surface area (Å²) in [6.07, 6.45) is 1.56. The molecule has 2 aliphatic rings. The fraction of sp³-hybridized carbons (Fsp3) is 0.429. The van der Waals surface area contributed by atoms with E-state index in [9.17, 15) is 23.5 Å². The molecule has 2 heterocycles. The molecule has 1 aliphatic carbocycles. The summed E-state index contributed by atoms with van der Waals surface area (Å²) < 4.78 is 27.3. The number of anilines is 1. The Labute approximate surface area is 172 Å². The van der Waals surface area contributed by atoms with Crippen molar-refractivity contribution in [3.8, 4) is 0 Å². The molecule has 2 aromatic rings. The molecular weight excluding hydrogens is 394 g/mol. The van der Waals surface area contributed by atoms with Crippen LogP contribution in [0, 0.1) is 24.0 Å². The maximum atomic E-state index is 13.6. The summed E-state index contributed by atoms with van der Waals surface area (Å²) in [6, 6.07) is 4.12. The van der Waals surface area contributed by atoms with Gasteiger partial charge in [-0.05, 0) is 38.0 Å². The van der Waals surface area contributed by atoms with Crippen LogP contribution in [0.3, 0.4) is 0 Å². The Morgan fingerprint density at radius 2 is 2.03 bits per heavy atom. The predicted molar refractivity (Wildman–Crippen MR) is 104 cm³/mol. The van der Waals surface area contributed by atoms with Crippen molar-refractivity contribution in [3.63, 3.8) is 0 Å². The van der Waals surface area contributed by atoms with Crippen molar-refractivity contribution in [1.82, 2.24) is 15.3 Å². The van der Waals surface area contributed by atoms with Gasteiger partial charge in [0.1, 0.15) is 35.2 Å². The van der Waals surface area contributed by atoms with Crippen LogP contribution in [0.2, 0.25) is 0 Å². The van der Waals surface area contributed by atoms with E-state index in [1.54, 1.807) is 6.92 Å². The minimum absolute atomic E-state index is 0.0725. The van der Waals surface area contributed by atoms with E-state index in [0.29, 0.717) is 25.2 Å². The van der Waals surface area contributed by atoms with Crippen molar-refractivity contribution in [2.45, 2.75) is 44.9 Å². The number of rotatable bonds is 3. The van der Waals surface area contributed by atoms with E-state index in [0.717, 1.165) is 18.2 Å². The van der Waals surface area contributed by atoms with Crippen molar-refractivity contribution in [2.24, 2.45) is 5.41 Å². The summed E-state index contributed by atoms with van der Waals surface area (Å²) in [7, 11) is 0. The third-order valence-electron chi connectivity index (χ3n) is 5.89. The number of aliphatic hydroxyl groups is 1. The molecule has 7 nitrogen and oxygen atoms in total. The second-order valence-electron chi connectivity index (χ2n) is 8.09. The lowest BCUT2D eigenvalue weighted by Crippen LogP contribution is -2.50. The molecule has 1 aromatic heterocycles. The number of nitrogens with one attached hydrogen (secondary N) is 1. The molecule has 4 rings (SSSR count). The lowest BCUT2D eigenvalue weighted by molar-refractivity contribution is -0.127. The number of Topliss-reactive ketones (excluding diaryl/α,β-unsaturated/α-hetero) is 1. The molecule has 30 heavy (non-hydrogen) atoms. The predicted octanol–water partition coefficient (Wildman–Crippen LogP) is 2.13. The van der Waals surface area contributed by atoms with Crippen molar-refractivity contribution in [1.29, 1.82) is 0 Å². The van der Waals surface area contributed by atoms with Crippen LogP contribution in [0.1, 0.15) is 42.0 Å². The van der Waals surface area contributed by atoms with E-state index in [1.165, 1.54) is 17.2 Å². The summed E-state index contributed by atoms with van der Waals surface area (Å²) in [5.41, 5.74) is -0.358. The average Bonchev–Trinajstić information content (AvgIpc) is 2.96. The Kier molecular flexibility index (Phi) is 5.23. The number of nitrogens with zero attached hydrogens (tertiary/aromatic N) is 3. The van der Waals surface area contributed by atoms with E-state index in [2.05, 4.69) is 15.3 Å². The summed E-state index contributed by atoms with van der Waals surface area (Å²) in [4.78, 5) is 34.6. The Balaban J connectivity index is 1.52. The highest BCUT2D eigenvalue weighted by Gasteiger charge is 2.51. The molecule has 9 heteroatoms. The summed E-state index contributed by atoms with van der Waals surface area (Å²) in [5.74, 6) is -1.49. The van der Waals surface area contributed by atoms with Gasteiger partial charge >= 0.3 is 0 Å². The third kappa shape index (κ3) is 3.89. The topological polar surface area (TPSA) is 95.4 Å². The number of benzene rings is 1. The quantitative estimate of drug-likeness (QED) is 0.796. The van der Waals surface area contributed by atoms with Gasteiger partial charge in [0.2, 0.25) is 0 Å². The van der Waals surface area contributed by atoms with Gasteiger partial charge in [-0.1, -0.05) is 0 Å². The first-order chi connectivity index (χ1) is 14.3. The molecule has 158 valence electrons. The van der Waals surface area contributed by atoms with Gasteiger partial charge in [-0.25, -0.2) is 18.7 Å². The summed E-state index contributed by atoms with van der Waals surface area (Å²) >= 11 is 0. The second kappa shape index (κ2) is 7.71. The highest BCUT2D eigenvalue weighted by atomic mass is 19.1. The zero-order valence-electron chi connectivity index (χ0n) is 16.4. The Morgan fingerprint density at radius 1 is 1.30 bits per heavy atom. The fourth-order valence-corrected chi connectivity index (χ4v) is 4.61. The van der Waals surface area contributed by atoms with E-state index >= 15 is 0 Å². The number of aryl methyl sites for hydroxylation is 1. The molecule has 3 atom stereocenters. The maximum Gasteiger partial charge on any atom is 0.270 e. The van der Waals surface area contributed by atoms with E-state index in [4.69, 9.17) is 0 Å². The Morgan fingerprint density at radius 3 is 2.73 bits per heavy atom. The smallest absolute Gasteiger partial charge is 0.270 e. The number of halogens is 2. The molecule has 1 saturated heterocycles. The Hall–Kier alpha value is -2.94. The lowest BCUT2D eigenvalue weighted by Gasteiger charge is -2.41. The summed E-state index contributed by atoms with van der Waals surface area (Å²) in [5, 5.41) is 13.9. The van der Waals surface area contributed by atoms with E-state index in [-0.39, 0.29) is 30.0 Å². The van der Waals surface area contributed by atoms with Crippen molar-refractivity contribution in [3.05, 3.63) is 53.6 Å². The number of hydrogen-bond acceptors (Lipinski definition) is 6. The molecule has 1 amide bonds. The molecular formula is C21H22F2N4O3. The zero-order valence-corrected chi connectivity index (χ0v) is 16.4. The number of carbonyl (C=O) groups excluding carboxylic acids is 2. The van der Waals surface area contributed by atoms with Crippen LogP contribution >= 0.6 is 0 Å². The molecule has 0 bridgehead atoms. The lowest BCUT2D eigenvalue weighted by atomic mass is 9.69. The van der Waals surface area contributed by atoms with Gasteiger partial charge in [-0.15, -0.1) is 0 Å². The minimum atomic E-state index is -1.09. The molecule has 3 unspecified atom stereocenters. The standard InChI is InChI=1S/C21H22F2N4O3/c1-12-24-4-2-18(25-12)19(29)26-15-9-17(28)11-21(10-15)3-5-27(20(21)30)16-7-13(22)6-14(23)8-16/h2,4,6-8,15,20,30H,3,5,9-11H2,1H3,(H,26,29). The molecule has 0 radical (unpaired) electrons. The van der Waals surface area contributed by atoms with Crippen LogP contribution in [0.4, 0.5) is 14.5 Å². The average molecular weight is 416 g/mol. The van der Waals surface area contributed by atoms with Crippen LogP contribution < -0.4 is 10.2 Å². The highest BCUT2D eigenvalue weighted by molar-refractivity contribution is 5.93. The molecule has 2 N–H and O–H groups in total. The van der Waals surface area contributed by atoms with Crippen LogP contribution in [-0.4, -0.2) is 45.6 Å². The largest absolute Gasteiger partial charge is 0.373 e. The maximum absolute atomic E-state index is 13.6. The van der Waals surface area contributed by atoms with Gasteiger partial charge in [0.05, 0.1) is 0 Å². The number of aliphatic hydroxyl groups excluding tert-OH is 1. The first-order valence-electron chi connectivity index (χ1n) is 9.79. The van der Waals surface area contributed by atoms with Crippen molar-refractivity contribution in [2.75, 3.05) is 11.4 Å². The zero-order chi connectivity index (χ0) is 21.5. The second-order valence-corrected chi connectivity index (χ2v) is 8.09. The third-order valence-corrected chi connectivity index (χ3v) is 5.89. The van der Waals surface area contributed by atoms with Gasteiger partial charge in [-0.3, -0.25) is 9.59 Å². The van der Waals surface area contributed by atoms with Crippen LogP contribution in [0.15, 0.2) is 30.5 Å². The Bertz CT molecular complexity index is 982. The molecule has 1 saturated carbocycles. The van der Waals surface area contributed by atoms with Gasteiger partial charge in [-0.2, -0.15) is 0 Å². The minimum Gasteiger partial charge on any atom is -0.373 e. The SMILES string of the molecule is Cc1nccc(C(=O)NC2CC(=O)CC3(CCN(c4cc(F)cc(F)c4)C3O)C2)n1. The van der Waals surface area contributed by atoms with Crippen molar-refractivity contribution < 1.29 is 23.5 Å². The van der Waals surface area contributed by atoms with Gasteiger partial charge in [0, 0.05) is 48.8 Å². The normalized spacial score (nSPS) is 26.3. The molecule has 2 fully saturated rings. The van der Waals surface area contributed by atoms with E-state index in [1.807, 2.05) is 0 Å². The first-order valence-corrected chi connectivity index (χ1v) is 9.79. The molecule has 1 aromatic carbocycles. The van der Waals surface area contributed by atoms with Gasteiger partial charge in [0.25, 0.3) is 5.91 Å². The van der Waals surface area contributed by atoms with Crippen LogP contribution in [0.5, 0.6) is 0 Å². The number of aromatic nitrogens is 2. The van der Waals surface area contributed by atoms with Crippen LogP contribution in [0.25, 0.3) is 0 Å². The number of hydrogen-bond donors (Lipinski definition) is 2. The van der Waals surface area contributed by atoms with Gasteiger partial charge in [0.15, 0.2) is 0 Å².